The van der Waals surface area contributed by atoms with Crippen molar-refractivity contribution in [3.63, 3.8) is 0 Å². The van der Waals surface area contributed by atoms with Gasteiger partial charge in [-0.1, -0.05) is 41.0 Å². The number of aromatic nitrogens is 3. The molecule has 1 N–H and O–H groups in total. The van der Waals surface area contributed by atoms with Crippen LogP contribution in [0.5, 0.6) is 0 Å². The smallest absolute Gasteiger partial charge is 0.141 e. The van der Waals surface area contributed by atoms with Crippen LogP contribution in [0.4, 0.5) is 4.39 Å². The fraction of sp³-hybridized carbons (Fsp3) is 0.478. The number of hydrogen-bond acceptors (Lipinski definition) is 3. The zero-order chi connectivity index (χ0) is 20.4. The van der Waals surface area contributed by atoms with Crippen LogP contribution in [-0.4, -0.2) is 15.0 Å². The van der Waals surface area contributed by atoms with Crippen LogP contribution in [0.2, 0.25) is 0 Å². The Morgan fingerprint density at radius 2 is 1.79 bits per heavy atom. The summed E-state index contributed by atoms with van der Waals surface area (Å²) in [4.78, 5) is 14.8. The molecule has 28 heavy (non-hydrogen) atoms. The summed E-state index contributed by atoms with van der Waals surface area (Å²) in [6.45, 7) is 11.3. The maximum Gasteiger partial charge on any atom is 0.141 e. The van der Waals surface area contributed by atoms with Gasteiger partial charge in [-0.15, -0.1) is 11.3 Å². The number of nitrogens with one attached hydrogen (secondary N) is 1. The van der Waals surface area contributed by atoms with E-state index < -0.39 is 0 Å². The molecule has 0 aliphatic heterocycles. The first-order valence-corrected chi connectivity index (χ1v) is 10.8. The highest BCUT2D eigenvalue weighted by atomic mass is 32.1. The minimum atomic E-state index is -0.305. The molecule has 3 aromatic heterocycles. The highest BCUT2D eigenvalue weighted by molar-refractivity contribution is 7.15. The van der Waals surface area contributed by atoms with Crippen molar-refractivity contribution in [2.45, 2.75) is 65.7 Å². The van der Waals surface area contributed by atoms with Crippen LogP contribution in [0.15, 0.2) is 36.7 Å². The first kappa shape index (κ1) is 20.7. The number of rotatable bonds is 7. The molecule has 3 rings (SSSR count). The molecule has 1 unspecified atom stereocenters. The average Bonchev–Trinajstić information content (AvgIpc) is 3.24. The van der Waals surface area contributed by atoms with Crippen molar-refractivity contribution >= 4 is 11.3 Å². The fourth-order valence-electron chi connectivity index (χ4n) is 3.70. The first-order valence-electron chi connectivity index (χ1n) is 9.93. The molecule has 0 amide bonds. The Balaban J connectivity index is 1.83. The van der Waals surface area contributed by atoms with Crippen LogP contribution in [0.1, 0.15) is 63.9 Å². The number of halogens is 1. The van der Waals surface area contributed by atoms with Crippen LogP contribution in [-0.2, 0) is 18.3 Å². The van der Waals surface area contributed by atoms with E-state index in [2.05, 4.69) is 61.7 Å². The number of thiophene rings is 1. The third-order valence-corrected chi connectivity index (χ3v) is 6.36. The lowest BCUT2D eigenvalue weighted by atomic mass is 9.80. The number of pyridine rings is 1. The van der Waals surface area contributed by atoms with Crippen LogP contribution >= 0.6 is 11.3 Å². The van der Waals surface area contributed by atoms with Crippen molar-refractivity contribution in [2.24, 2.45) is 5.41 Å². The molecule has 3 nitrogen and oxygen atoms in total. The van der Waals surface area contributed by atoms with Gasteiger partial charge in [0.15, 0.2) is 0 Å². The number of H-pyrrole nitrogens is 1. The lowest BCUT2D eigenvalue weighted by Crippen LogP contribution is -2.24. The molecule has 3 aromatic rings. The molecule has 0 aromatic carbocycles. The SMILES string of the molecule is CCCC(C)(Cc1ncc(CC(C)(C)C)[nH]1)c1ccc(-c2ccc(F)cn2)s1. The Labute approximate surface area is 171 Å². The summed E-state index contributed by atoms with van der Waals surface area (Å²) in [6, 6.07) is 7.50. The zero-order valence-electron chi connectivity index (χ0n) is 17.5. The predicted octanol–water partition coefficient (Wildman–Crippen LogP) is 6.56. The Morgan fingerprint density at radius 1 is 1.00 bits per heavy atom. The minimum Gasteiger partial charge on any atom is -0.346 e. The Morgan fingerprint density at radius 3 is 2.43 bits per heavy atom. The molecule has 0 spiro atoms. The predicted molar refractivity (Wildman–Crippen MR) is 115 cm³/mol. The van der Waals surface area contributed by atoms with Gasteiger partial charge in [0.2, 0.25) is 0 Å². The van der Waals surface area contributed by atoms with E-state index in [0.717, 1.165) is 42.1 Å². The highest BCUT2D eigenvalue weighted by Crippen LogP contribution is 2.39. The van der Waals surface area contributed by atoms with Crippen molar-refractivity contribution < 1.29 is 4.39 Å². The molecule has 0 saturated heterocycles. The molecule has 0 aliphatic carbocycles. The molecule has 150 valence electrons. The number of imidazole rings is 1. The van der Waals surface area contributed by atoms with E-state index in [-0.39, 0.29) is 16.6 Å². The van der Waals surface area contributed by atoms with Crippen molar-refractivity contribution in [1.82, 2.24) is 15.0 Å². The van der Waals surface area contributed by atoms with Gasteiger partial charge < -0.3 is 4.98 Å². The zero-order valence-corrected chi connectivity index (χ0v) is 18.3. The van der Waals surface area contributed by atoms with Gasteiger partial charge in [-0.2, -0.15) is 0 Å². The van der Waals surface area contributed by atoms with Gasteiger partial charge in [0.1, 0.15) is 11.6 Å². The summed E-state index contributed by atoms with van der Waals surface area (Å²) in [6.07, 6.45) is 7.31. The normalized spacial score (nSPS) is 14.2. The van der Waals surface area contributed by atoms with E-state index in [1.165, 1.54) is 22.8 Å². The summed E-state index contributed by atoms with van der Waals surface area (Å²) in [5.41, 5.74) is 2.27. The minimum absolute atomic E-state index is 0.00848. The molecule has 0 bridgehead atoms. The summed E-state index contributed by atoms with van der Waals surface area (Å²) in [7, 11) is 0. The molecule has 3 heterocycles. The number of aromatic amines is 1. The second-order valence-corrected chi connectivity index (χ2v) is 10.2. The van der Waals surface area contributed by atoms with Gasteiger partial charge in [0.05, 0.1) is 16.8 Å². The second-order valence-electron chi connectivity index (χ2n) is 9.11. The van der Waals surface area contributed by atoms with Crippen molar-refractivity contribution in [1.29, 1.82) is 0 Å². The van der Waals surface area contributed by atoms with E-state index in [9.17, 15) is 4.39 Å². The van der Waals surface area contributed by atoms with Gasteiger partial charge in [-0.3, -0.25) is 4.98 Å². The third-order valence-electron chi connectivity index (χ3n) is 4.94. The molecule has 0 fully saturated rings. The van der Waals surface area contributed by atoms with Crippen molar-refractivity contribution in [2.75, 3.05) is 0 Å². The monoisotopic (exact) mass is 399 g/mol. The molecule has 0 saturated carbocycles. The van der Waals surface area contributed by atoms with E-state index in [4.69, 9.17) is 0 Å². The third kappa shape index (κ3) is 5.07. The van der Waals surface area contributed by atoms with Gasteiger partial charge in [-0.25, -0.2) is 9.37 Å². The topological polar surface area (TPSA) is 41.6 Å². The van der Waals surface area contributed by atoms with Gasteiger partial charge in [-0.05, 0) is 42.5 Å². The first-order chi connectivity index (χ1) is 13.2. The summed E-state index contributed by atoms with van der Waals surface area (Å²) >= 11 is 1.75. The second kappa shape index (κ2) is 8.16. The molecule has 1 atom stereocenters. The number of nitrogens with zero attached hydrogens (tertiary/aromatic N) is 2. The lowest BCUT2D eigenvalue weighted by Gasteiger charge is -2.27. The lowest BCUT2D eigenvalue weighted by molar-refractivity contribution is 0.405. The maximum atomic E-state index is 13.2. The molecular weight excluding hydrogens is 369 g/mol. The van der Waals surface area contributed by atoms with Crippen LogP contribution < -0.4 is 0 Å². The number of hydrogen-bond donors (Lipinski definition) is 1. The van der Waals surface area contributed by atoms with E-state index in [1.54, 1.807) is 17.4 Å². The van der Waals surface area contributed by atoms with Gasteiger partial charge >= 0.3 is 0 Å². The molecule has 0 radical (unpaired) electrons. The van der Waals surface area contributed by atoms with E-state index in [1.807, 2.05) is 6.20 Å². The van der Waals surface area contributed by atoms with Crippen LogP contribution in [0.25, 0.3) is 10.6 Å². The van der Waals surface area contributed by atoms with Crippen molar-refractivity contribution in [3.05, 3.63) is 58.9 Å². The van der Waals surface area contributed by atoms with Crippen LogP contribution in [0.3, 0.4) is 0 Å². The van der Waals surface area contributed by atoms with E-state index in [0.29, 0.717) is 0 Å². The molecule has 5 heteroatoms. The quantitative estimate of drug-likeness (QED) is 0.489. The summed E-state index contributed by atoms with van der Waals surface area (Å²) < 4.78 is 13.2. The van der Waals surface area contributed by atoms with Crippen LogP contribution in [0, 0.1) is 11.2 Å². The Bertz CT molecular complexity index is 905. The Kier molecular flexibility index (Phi) is 6.04. The standard InChI is InChI=1S/C23H30FN3S/c1-6-11-23(5,13-21-26-15-17(27-21)12-22(2,3)4)20-10-9-19(28-20)18-8-7-16(24)14-25-18/h7-10,14-15H,6,11-13H2,1-5H3,(H,26,27). The van der Waals surface area contributed by atoms with Crippen molar-refractivity contribution in [3.8, 4) is 10.6 Å². The fourth-order valence-corrected chi connectivity index (χ4v) is 4.85. The van der Waals surface area contributed by atoms with E-state index >= 15 is 0 Å². The molecular formula is C23H30FN3S. The average molecular weight is 400 g/mol. The highest BCUT2D eigenvalue weighted by Gasteiger charge is 2.29. The maximum absolute atomic E-state index is 13.2. The van der Waals surface area contributed by atoms with Gasteiger partial charge in [0, 0.05) is 28.6 Å². The van der Waals surface area contributed by atoms with Gasteiger partial charge in [0.25, 0.3) is 0 Å². The Hall–Kier alpha value is -2.01. The largest absolute Gasteiger partial charge is 0.346 e. The summed E-state index contributed by atoms with van der Waals surface area (Å²) in [5, 5.41) is 0. The molecule has 0 aliphatic rings. The summed E-state index contributed by atoms with van der Waals surface area (Å²) in [5.74, 6) is 0.741.